The first-order valence-electron chi connectivity index (χ1n) is 11.2. The molecule has 0 saturated carbocycles. The topological polar surface area (TPSA) is 53.4 Å². The summed E-state index contributed by atoms with van der Waals surface area (Å²) in [6.07, 6.45) is 2.01. The van der Waals surface area contributed by atoms with E-state index in [4.69, 9.17) is 28.3 Å². The van der Waals surface area contributed by atoms with Gasteiger partial charge in [0, 0.05) is 48.3 Å². The number of amides is 1. The van der Waals surface area contributed by atoms with E-state index in [1.807, 2.05) is 11.1 Å². The van der Waals surface area contributed by atoms with E-state index in [1.54, 1.807) is 46.8 Å². The van der Waals surface area contributed by atoms with Crippen LogP contribution in [0.1, 0.15) is 27.3 Å². The molecule has 2 aromatic carbocycles. The molecule has 3 heterocycles. The van der Waals surface area contributed by atoms with Crippen molar-refractivity contribution < 1.29 is 9.18 Å². The van der Waals surface area contributed by atoms with Gasteiger partial charge in [-0.05, 0) is 54.6 Å². The number of hydrogen-bond donors (Lipinski definition) is 1. The molecule has 1 fully saturated rings. The Hall–Kier alpha value is -2.36. The molecule has 1 amide bonds. The SMILES string of the molecule is CN1CCN(NC(=O)c2nn(-c3ccc(Cl)cc3Cl)c3c2CSC/C3=C\c2ccc(F)cc2)CC1. The zero-order valence-electron chi connectivity index (χ0n) is 19.1. The Morgan fingerprint density at radius 1 is 1.09 bits per heavy atom. The summed E-state index contributed by atoms with van der Waals surface area (Å²) in [7, 11) is 2.07. The first kappa shape index (κ1) is 24.3. The van der Waals surface area contributed by atoms with Gasteiger partial charge < -0.3 is 4.90 Å². The highest BCUT2D eigenvalue weighted by atomic mass is 35.5. The molecule has 0 spiro atoms. The third kappa shape index (κ3) is 5.27. The first-order valence-corrected chi connectivity index (χ1v) is 13.2. The second-order valence-corrected chi connectivity index (χ2v) is 10.5. The van der Waals surface area contributed by atoms with E-state index >= 15 is 0 Å². The maximum Gasteiger partial charge on any atom is 0.286 e. The van der Waals surface area contributed by atoms with E-state index in [1.165, 1.54) is 12.1 Å². The van der Waals surface area contributed by atoms with Crippen molar-refractivity contribution in [1.29, 1.82) is 0 Å². The number of halogens is 3. The monoisotopic (exact) mass is 531 g/mol. The van der Waals surface area contributed by atoms with E-state index in [-0.39, 0.29) is 11.7 Å². The van der Waals surface area contributed by atoms with Gasteiger partial charge in [-0.1, -0.05) is 35.3 Å². The van der Waals surface area contributed by atoms with Gasteiger partial charge in [-0.3, -0.25) is 10.2 Å². The van der Waals surface area contributed by atoms with Gasteiger partial charge in [-0.25, -0.2) is 14.1 Å². The average Bonchev–Trinajstić information content (AvgIpc) is 3.23. The van der Waals surface area contributed by atoms with E-state index < -0.39 is 0 Å². The van der Waals surface area contributed by atoms with Gasteiger partial charge in [0.05, 0.1) is 16.4 Å². The van der Waals surface area contributed by atoms with Crippen molar-refractivity contribution in [3.8, 4) is 5.69 Å². The molecule has 0 bridgehead atoms. The molecule has 35 heavy (non-hydrogen) atoms. The highest BCUT2D eigenvalue weighted by molar-refractivity contribution is 7.99. The summed E-state index contributed by atoms with van der Waals surface area (Å²) in [6, 6.07) is 11.6. The van der Waals surface area contributed by atoms with Crippen LogP contribution in [-0.4, -0.2) is 64.6 Å². The van der Waals surface area contributed by atoms with Crippen LogP contribution in [0.4, 0.5) is 4.39 Å². The van der Waals surface area contributed by atoms with Gasteiger partial charge in [0.1, 0.15) is 5.82 Å². The minimum absolute atomic E-state index is 0.238. The minimum Gasteiger partial charge on any atom is -0.304 e. The van der Waals surface area contributed by atoms with Crippen LogP contribution in [0.25, 0.3) is 17.3 Å². The standard InChI is InChI=1S/C25H24Cl2FN5OS/c1-31-8-10-32(11-9-31)30-25(34)23-20-15-35-14-17(12-16-2-5-19(28)6-3-16)24(20)33(29-23)22-7-4-18(26)13-21(22)27/h2-7,12-13H,8-11,14-15H2,1H3,(H,30,34)/b17-12+. The van der Waals surface area contributed by atoms with Crippen LogP contribution in [0.3, 0.4) is 0 Å². The summed E-state index contributed by atoms with van der Waals surface area (Å²) in [5.74, 6) is 0.845. The number of nitrogens with one attached hydrogen (secondary N) is 1. The predicted molar refractivity (Wildman–Crippen MR) is 141 cm³/mol. The largest absolute Gasteiger partial charge is 0.304 e. The third-order valence-electron chi connectivity index (χ3n) is 6.12. The van der Waals surface area contributed by atoms with Crippen molar-refractivity contribution >= 4 is 52.5 Å². The maximum absolute atomic E-state index is 13.5. The highest BCUT2D eigenvalue weighted by Crippen LogP contribution is 2.38. The zero-order valence-corrected chi connectivity index (χ0v) is 21.4. The molecule has 0 unspecified atom stereocenters. The summed E-state index contributed by atoms with van der Waals surface area (Å²) in [6.45, 7) is 3.26. The van der Waals surface area contributed by atoms with E-state index in [0.29, 0.717) is 27.2 Å². The Kier molecular flexibility index (Phi) is 7.18. The number of piperazine rings is 1. The second kappa shape index (κ2) is 10.3. The van der Waals surface area contributed by atoms with Gasteiger partial charge in [-0.15, -0.1) is 0 Å². The van der Waals surface area contributed by atoms with Gasteiger partial charge in [-0.2, -0.15) is 16.9 Å². The maximum atomic E-state index is 13.5. The lowest BCUT2D eigenvalue weighted by Crippen LogP contribution is -2.52. The quantitative estimate of drug-likeness (QED) is 0.513. The average molecular weight is 532 g/mol. The first-order chi connectivity index (χ1) is 16.9. The predicted octanol–water partition coefficient (Wildman–Crippen LogP) is 5.00. The van der Waals surface area contributed by atoms with Crippen molar-refractivity contribution in [3.05, 3.63) is 80.8 Å². The molecule has 2 aliphatic heterocycles. The molecular formula is C25H24Cl2FN5OS. The number of fused-ring (bicyclic) bond motifs is 1. The molecule has 1 N–H and O–H groups in total. The van der Waals surface area contributed by atoms with E-state index in [2.05, 4.69) is 17.4 Å². The smallest absolute Gasteiger partial charge is 0.286 e. The highest BCUT2D eigenvalue weighted by Gasteiger charge is 2.30. The molecule has 0 aliphatic carbocycles. The van der Waals surface area contributed by atoms with Gasteiger partial charge in [0.25, 0.3) is 5.91 Å². The summed E-state index contributed by atoms with van der Waals surface area (Å²) < 4.78 is 15.2. The molecule has 0 atom stereocenters. The number of rotatable bonds is 4. The Labute approximate surface area is 217 Å². The fourth-order valence-electron chi connectivity index (χ4n) is 4.24. The summed E-state index contributed by atoms with van der Waals surface area (Å²) in [5.41, 5.74) is 7.59. The number of hydrazine groups is 1. The Morgan fingerprint density at radius 2 is 1.83 bits per heavy atom. The fourth-order valence-corrected chi connectivity index (χ4v) is 5.75. The summed E-state index contributed by atoms with van der Waals surface area (Å²) >= 11 is 14.4. The normalized spacial score (nSPS) is 18.0. The van der Waals surface area contributed by atoms with Crippen LogP contribution < -0.4 is 5.43 Å². The van der Waals surface area contributed by atoms with E-state index in [0.717, 1.165) is 54.3 Å². The molecule has 1 saturated heterocycles. The van der Waals surface area contributed by atoms with Crippen LogP contribution in [0, 0.1) is 5.82 Å². The number of thioether (sulfide) groups is 1. The Bertz CT molecular complexity index is 1290. The summed E-state index contributed by atoms with van der Waals surface area (Å²) in [5, 5.41) is 7.66. The molecular weight excluding hydrogens is 508 g/mol. The van der Waals surface area contributed by atoms with Crippen LogP contribution in [-0.2, 0) is 5.75 Å². The van der Waals surface area contributed by atoms with Gasteiger partial charge in [0.2, 0.25) is 0 Å². The zero-order chi connectivity index (χ0) is 24.5. The van der Waals surface area contributed by atoms with Crippen molar-refractivity contribution in [2.45, 2.75) is 5.75 Å². The Morgan fingerprint density at radius 3 is 2.54 bits per heavy atom. The lowest BCUT2D eigenvalue weighted by Gasteiger charge is -2.32. The van der Waals surface area contributed by atoms with Crippen molar-refractivity contribution in [3.63, 3.8) is 0 Å². The molecule has 6 nitrogen and oxygen atoms in total. The van der Waals surface area contributed by atoms with Crippen LogP contribution in [0.5, 0.6) is 0 Å². The number of benzene rings is 2. The third-order valence-corrected chi connectivity index (χ3v) is 7.66. The van der Waals surface area contributed by atoms with Crippen LogP contribution >= 0.6 is 35.0 Å². The molecule has 10 heteroatoms. The summed E-state index contributed by atoms with van der Waals surface area (Å²) in [4.78, 5) is 15.6. The second-order valence-electron chi connectivity index (χ2n) is 8.63. The van der Waals surface area contributed by atoms with Crippen molar-refractivity contribution in [2.75, 3.05) is 39.0 Å². The van der Waals surface area contributed by atoms with Gasteiger partial charge >= 0.3 is 0 Å². The number of aromatic nitrogens is 2. The molecule has 0 radical (unpaired) electrons. The molecule has 3 aromatic rings. The van der Waals surface area contributed by atoms with E-state index in [9.17, 15) is 9.18 Å². The molecule has 1 aromatic heterocycles. The Balaban J connectivity index is 1.58. The molecule has 5 rings (SSSR count). The molecule has 2 aliphatic rings. The lowest BCUT2D eigenvalue weighted by atomic mass is 10.0. The number of hydrogen-bond acceptors (Lipinski definition) is 5. The number of nitrogens with zero attached hydrogens (tertiary/aromatic N) is 4. The number of likely N-dealkylation sites (N-methyl/N-ethyl adjacent to an activating group) is 1. The number of carbonyl (C=O) groups is 1. The fraction of sp³-hybridized carbons (Fsp3) is 0.280. The van der Waals surface area contributed by atoms with Crippen LogP contribution in [0.2, 0.25) is 10.0 Å². The van der Waals surface area contributed by atoms with Crippen LogP contribution in [0.15, 0.2) is 42.5 Å². The minimum atomic E-state index is -0.285. The van der Waals surface area contributed by atoms with Crippen molar-refractivity contribution in [2.24, 2.45) is 0 Å². The van der Waals surface area contributed by atoms with Crippen molar-refractivity contribution in [1.82, 2.24) is 25.1 Å². The number of carbonyl (C=O) groups excluding carboxylic acids is 1. The molecule has 182 valence electrons. The van der Waals surface area contributed by atoms with Gasteiger partial charge in [0.15, 0.2) is 5.69 Å². The lowest BCUT2D eigenvalue weighted by molar-refractivity contribution is 0.0656.